The van der Waals surface area contributed by atoms with Crippen molar-refractivity contribution in [3.05, 3.63) is 58.0 Å². The fourth-order valence-electron chi connectivity index (χ4n) is 2.68. The van der Waals surface area contributed by atoms with Gasteiger partial charge in [-0.3, -0.25) is 14.6 Å². The van der Waals surface area contributed by atoms with Gasteiger partial charge in [-0.15, -0.1) is 0 Å². The van der Waals surface area contributed by atoms with Gasteiger partial charge in [-0.1, -0.05) is 6.07 Å². The number of nitrogens with zero attached hydrogens (tertiary/aromatic N) is 2. The zero-order valence-electron chi connectivity index (χ0n) is 16.8. The van der Waals surface area contributed by atoms with Crippen molar-refractivity contribution in [2.45, 2.75) is 6.18 Å². The third-order valence-corrected chi connectivity index (χ3v) is 5.08. The number of alkyl halides is 3. The standard InChI is InChI=1S/C21H14F3N3O5S/c1-31-16-7-11(8-17-19(30)27-20(33-17)26-10-18(28)29)2-5-15(16)32-14-4-3-12(9-25)6-13(14)21(22,23)24/h2-8H,10H2,1H3,(H,28,29)(H,26,27,30)/b17-8+. The number of nitrogens with one attached hydrogen (secondary N) is 1. The minimum Gasteiger partial charge on any atom is -0.493 e. The molecule has 0 aromatic heterocycles. The number of methoxy groups -OCH3 is 1. The number of amides is 1. The van der Waals surface area contributed by atoms with E-state index in [2.05, 4.69) is 10.3 Å². The summed E-state index contributed by atoms with van der Waals surface area (Å²) < 4.78 is 50.9. The first-order chi connectivity index (χ1) is 15.6. The highest BCUT2D eigenvalue weighted by molar-refractivity contribution is 8.18. The highest BCUT2D eigenvalue weighted by atomic mass is 32.2. The molecule has 0 atom stereocenters. The molecule has 1 amide bonds. The van der Waals surface area contributed by atoms with Gasteiger partial charge in [0.2, 0.25) is 0 Å². The number of amidine groups is 1. The van der Waals surface area contributed by atoms with Crippen LogP contribution in [0.4, 0.5) is 13.2 Å². The van der Waals surface area contributed by atoms with E-state index in [1.54, 1.807) is 6.07 Å². The van der Waals surface area contributed by atoms with Crippen LogP contribution < -0.4 is 14.8 Å². The minimum atomic E-state index is -4.74. The summed E-state index contributed by atoms with van der Waals surface area (Å²) in [5, 5.41) is 20.1. The molecule has 1 aliphatic rings. The topological polar surface area (TPSA) is 121 Å². The van der Waals surface area contributed by atoms with Crippen LogP contribution in [0.25, 0.3) is 6.08 Å². The van der Waals surface area contributed by atoms with E-state index in [1.165, 1.54) is 37.5 Å². The lowest BCUT2D eigenvalue weighted by molar-refractivity contribution is -0.138. The molecule has 1 aliphatic heterocycles. The summed E-state index contributed by atoms with van der Waals surface area (Å²) in [6.07, 6.45) is -3.26. The Kier molecular flexibility index (Phi) is 6.93. The van der Waals surface area contributed by atoms with Gasteiger partial charge in [0.05, 0.1) is 29.2 Å². The van der Waals surface area contributed by atoms with Crippen LogP contribution in [0.2, 0.25) is 0 Å². The van der Waals surface area contributed by atoms with Crippen LogP contribution in [-0.2, 0) is 15.8 Å². The second-order valence-corrected chi connectivity index (χ2v) is 7.44. The van der Waals surface area contributed by atoms with Crippen molar-refractivity contribution in [1.82, 2.24) is 5.32 Å². The Hall–Kier alpha value is -3.98. The normalized spacial score (nSPS) is 15.9. The Morgan fingerprint density at radius 3 is 2.61 bits per heavy atom. The van der Waals surface area contributed by atoms with Gasteiger partial charge in [0.1, 0.15) is 12.3 Å². The minimum absolute atomic E-state index is 0.0120. The first-order valence-electron chi connectivity index (χ1n) is 9.05. The Morgan fingerprint density at radius 1 is 1.24 bits per heavy atom. The molecular formula is C21H14F3N3O5S. The number of carboxylic acids is 1. The van der Waals surface area contributed by atoms with Gasteiger partial charge in [0.25, 0.3) is 5.91 Å². The van der Waals surface area contributed by atoms with Crippen LogP contribution >= 0.6 is 11.8 Å². The van der Waals surface area contributed by atoms with Crippen molar-refractivity contribution in [2.24, 2.45) is 4.99 Å². The molecule has 0 saturated carbocycles. The number of hydrogen-bond donors (Lipinski definition) is 2. The molecule has 0 radical (unpaired) electrons. The number of carbonyl (C=O) groups excluding carboxylic acids is 1. The number of thioether (sulfide) groups is 1. The smallest absolute Gasteiger partial charge is 0.420 e. The maximum absolute atomic E-state index is 13.4. The number of aliphatic imine (C=N–C) groups is 1. The van der Waals surface area contributed by atoms with Crippen molar-refractivity contribution in [2.75, 3.05) is 13.7 Å². The lowest BCUT2D eigenvalue weighted by atomic mass is 10.1. The molecule has 0 bridgehead atoms. The number of benzene rings is 2. The lowest BCUT2D eigenvalue weighted by Crippen LogP contribution is -2.20. The number of hydrogen-bond acceptors (Lipinski definition) is 7. The molecule has 0 spiro atoms. The summed E-state index contributed by atoms with van der Waals surface area (Å²) >= 11 is 0.948. The lowest BCUT2D eigenvalue weighted by Gasteiger charge is -2.16. The first-order valence-corrected chi connectivity index (χ1v) is 9.86. The number of rotatable bonds is 6. The molecule has 3 rings (SSSR count). The van der Waals surface area contributed by atoms with Gasteiger partial charge < -0.3 is 19.9 Å². The predicted molar refractivity (Wildman–Crippen MR) is 113 cm³/mol. The van der Waals surface area contributed by atoms with Crippen LogP contribution in [0.5, 0.6) is 17.2 Å². The fourth-order valence-corrected chi connectivity index (χ4v) is 3.50. The molecule has 1 saturated heterocycles. The Balaban J connectivity index is 1.88. The molecule has 1 fully saturated rings. The summed E-state index contributed by atoms with van der Waals surface area (Å²) in [6.45, 7) is -0.495. The van der Waals surface area contributed by atoms with Gasteiger partial charge >= 0.3 is 12.1 Å². The molecular weight excluding hydrogens is 463 g/mol. The summed E-state index contributed by atoms with van der Waals surface area (Å²) in [5.74, 6) is -2.04. The van der Waals surface area contributed by atoms with E-state index in [0.29, 0.717) is 11.6 Å². The molecule has 2 N–H and O–H groups in total. The van der Waals surface area contributed by atoms with E-state index in [1.807, 2.05) is 0 Å². The van der Waals surface area contributed by atoms with Crippen LogP contribution in [0.1, 0.15) is 16.7 Å². The summed E-state index contributed by atoms with van der Waals surface area (Å²) in [4.78, 5) is 26.7. The maximum Gasteiger partial charge on any atom is 0.420 e. The van der Waals surface area contributed by atoms with Crippen molar-refractivity contribution in [3.63, 3.8) is 0 Å². The van der Waals surface area contributed by atoms with Gasteiger partial charge in [-0.25, -0.2) is 0 Å². The van der Waals surface area contributed by atoms with E-state index >= 15 is 0 Å². The highest BCUT2D eigenvalue weighted by Crippen LogP contribution is 2.41. The number of aliphatic carboxylic acids is 1. The zero-order valence-corrected chi connectivity index (χ0v) is 17.6. The Bertz CT molecular complexity index is 1220. The van der Waals surface area contributed by atoms with E-state index in [4.69, 9.17) is 19.8 Å². The van der Waals surface area contributed by atoms with Crippen LogP contribution in [0, 0.1) is 11.3 Å². The summed E-state index contributed by atoms with van der Waals surface area (Å²) in [6, 6.07) is 8.94. The highest BCUT2D eigenvalue weighted by Gasteiger charge is 2.35. The average molecular weight is 477 g/mol. The van der Waals surface area contributed by atoms with E-state index < -0.39 is 35.9 Å². The molecule has 0 unspecified atom stereocenters. The van der Waals surface area contributed by atoms with Crippen molar-refractivity contribution in [1.29, 1.82) is 5.26 Å². The van der Waals surface area contributed by atoms with Gasteiger partial charge in [-0.05, 0) is 53.7 Å². The van der Waals surface area contributed by atoms with Gasteiger partial charge in [-0.2, -0.15) is 18.4 Å². The largest absolute Gasteiger partial charge is 0.493 e. The quantitative estimate of drug-likeness (QED) is 0.603. The third kappa shape index (κ3) is 5.83. The summed E-state index contributed by atoms with van der Waals surface area (Å²) in [5.41, 5.74) is -0.795. The van der Waals surface area contributed by atoms with Crippen LogP contribution in [0.15, 0.2) is 46.3 Å². The monoisotopic (exact) mass is 477 g/mol. The zero-order chi connectivity index (χ0) is 24.2. The molecule has 2 aromatic carbocycles. The number of halogens is 3. The molecule has 12 heteroatoms. The number of carbonyl (C=O) groups is 2. The van der Waals surface area contributed by atoms with E-state index in [-0.39, 0.29) is 27.1 Å². The van der Waals surface area contributed by atoms with Crippen molar-refractivity contribution >= 4 is 34.9 Å². The molecule has 8 nitrogen and oxygen atoms in total. The second-order valence-electron chi connectivity index (χ2n) is 6.41. The van der Waals surface area contributed by atoms with Crippen molar-refractivity contribution in [3.8, 4) is 23.3 Å². The Morgan fingerprint density at radius 2 is 1.97 bits per heavy atom. The molecule has 2 aromatic rings. The summed E-state index contributed by atoms with van der Waals surface area (Å²) in [7, 11) is 1.30. The fraction of sp³-hybridized carbons (Fsp3) is 0.143. The SMILES string of the molecule is COc1cc(/C=C2/SC(=NCC(=O)O)NC2=O)ccc1Oc1ccc(C#N)cc1C(F)(F)F. The number of nitriles is 1. The maximum atomic E-state index is 13.4. The number of ether oxygens (including phenoxy) is 2. The molecule has 33 heavy (non-hydrogen) atoms. The average Bonchev–Trinajstić information content (AvgIpc) is 3.11. The number of carboxylic acid groups (broad SMARTS) is 1. The predicted octanol–water partition coefficient (Wildman–Crippen LogP) is 4.02. The van der Waals surface area contributed by atoms with E-state index in [9.17, 15) is 22.8 Å². The Labute approximate surface area is 189 Å². The first kappa shape index (κ1) is 23.7. The van der Waals surface area contributed by atoms with Crippen LogP contribution in [0.3, 0.4) is 0 Å². The molecule has 0 aliphatic carbocycles. The second kappa shape index (κ2) is 9.66. The van der Waals surface area contributed by atoms with E-state index in [0.717, 1.165) is 17.8 Å². The van der Waals surface area contributed by atoms with Gasteiger partial charge in [0, 0.05) is 0 Å². The molecule has 1 heterocycles. The van der Waals surface area contributed by atoms with Crippen molar-refractivity contribution < 1.29 is 37.3 Å². The third-order valence-electron chi connectivity index (χ3n) is 4.13. The van der Waals surface area contributed by atoms with Gasteiger partial charge in [0.15, 0.2) is 16.7 Å². The molecule has 170 valence electrons. The van der Waals surface area contributed by atoms with Crippen LogP contribution in [-0.4, -0.2) is 35.8 Å².